The van der Waals surface area contributed by atoms with E-state index >= 15 is 0 Å². The van der Waals surface area contributed by atoms with Gasteiger partial charge in [-0.25, -0.2) is 4.79 Å². The van der Waals surface area contributed by atoms with E-state index in [4.69, 9.17) is 9.47 Å². The van der Waals surface area contributed by atoms with Gasteiger partial charge in [-0.1, -0.05) is 6.42 Å². The van der Waals surface area contributed by atoms with Gasteiger partial charge >= 0.3 is 6.09 Å². The quantitative estimate of drug-likeness (QED) is 0.856. The Balaban J connectivity index is 1.52. The SMILES string of the molecule is CC(C)(C)OC(=O)n1ccc(OCC2CC3CCC2C3)n1. The number of carbonyl (C=O) groups is 1. The van der Waals surface area contributed by atoms with E-state index in [0.29, 0.717) is 18.4 Å². The van der Waals surface area contributed by atoms with Crippen LogP contribution in [0.5, 0.6) is 5.88 Å². The maximum absolute atomic E-state index is 11.9. The Labute approximate surface area is 125 Å². The monoisotopic (exact) mass is 292 g/mol. The first-order valence-corrected chi connectivity index (χ1v) is 7.82. The Hall–Kier alpha value is -1.52. The number of nitrogens with zero attached hydrogens (tertiary/aromatic N) is 2. The van der Waals surface area contributed by atoms with Gasteiger partial charge in [0.2, 0.25) is 5.88 Å². The molecule has 3 rings (SSSR count). The molecule has 2 aliphatic carbocycles. The third-order valence-corrected chi connectivity index (χ3v) is 4.47. The molecule has 0 spiro atoms. The van der Waals surface area contributed by atoms with Gasteiger partial charge in [0, 0.05) is 12.3 Å². The molecule has 0 aromatic carbocycles. The van der Waals surface area contributed by atoms with Crippen molar-refractivity contribution in [3.8, 4) is 5.88 Å². The van der Waals surface area contributed by atoms with Crippen LogP contribution in [0.2, 0.25) is 0 Å². The summed E-state index contributed by atoms with van der Waals surface area (Å²) < 4.78 is 12.2. The molecule has 5 heteroatoms. The molecule has 3 atom stereocenters. The first-order chi connectivity index (χ1) is 9.90. The zero-order valence-electron chi connectivity index (χ0n) is 13.0. The lowest BCUT2D eigenvalue weighted by Gasteiger charge is -2.21. The van der Waals surface area contributed by atoms with Crippen LogP contribution < -0.4 is 4.74 Å². The van der Waals surface area contributed by atoms with Crippen molar-refractivity contribution in [2.75, 3.05) is 6.61 Å². The molecule has 116 valence electrons. The van der Waals surface area contributed by atoms with Crippen LogP contribution in [0.4, 0.5) is 4.79 Å². The van der Waals surface area contributed by atoms with Crippen molar-refractivity contribution in [1.82, 2.24) is 9.78 Å². The Morgan fingerprint density at radius 3 is 2.81 bits per heavy atom. The second kappa shape index (κ2) is 5.35. The number of ether oxygens (including phenoxy) is 2. The van der Waals surface area contributed by atoms with Gasteiger partial charge in [0.15, 0.2) is 0 Å². The summed E-state index contributed by atoms with van der Waals surface area (Å²) in [5.41, 5.74) is -0.521. The summed E-state index contributed by atoms with van der Waals surface area (Å²) in [4.78, 5) is 11.9. The molecule has 0 radical (unpaired) electrons. The largest absolute Gasteiger partial charge is 0.476 e. The summed E-state index contributed by atoms with van der Waals surface area (Å²) in [5, 5.41) is 4.14. The molecule has 2 bridgehead atoms. The Bertz CT molecular complexity index is 518. The molecule has 2 saturated carbocycles. The smallest absolute Gasteiger partial charge is 0.435 e. The van der Waals surface area contributed by atoms with Crippen molar-refractivity contribution in [2.24, 2.45) is 17.8 Å². The van der Waals surface area contributed by atoms with Gasteiger partial charge in [0.1, 0.15) is 5.60 Å². The van der Waals surface area contributed by atoms with E-state index in [9.17, 15) is 4.79 Å². The highest BCUT2D eigenvalue weighted by molar-refractivity contribution is 5.69. The Morgan fingerprint density at radius 2 is 2.19 bits per heavy atom. The number of rotatable bonds is 3. The van der Waals surface area contributed by atoms with Crippen molar-refractivity contribution in [3.63, 3.8) is 0 Å². The number of fused-ring (bicyclic) bond motifs is 2. The predicted molar refractivity (Wildman–Crippen MR) is 78.3 cm³/mol. The van der Waals surface area contributed by atoms with E-state index in [1.165, 1.54) is 30.4 Å². The van der Waals surface area contributed by atoms with E-state index in [2.05, 4.69) is 5.10 Å². The molecule has 21 heavy (non-hydrogen) atoms. The topological polar surface area (TPSA) is 53.4 Å². The third-order valence-electron chi connectivity index (χ3n) is 4.47. The molecular formula is C16H24N2O3. The van der Waals surface area contributed by atoms with Crippen LogP contribution in [0.25, 0.3) is 0 Å². The molecule has 0 aliphatic heterocycles. The first-order valence-electron chi connectivity index (χ1n) is 7.82. The zero-order valence-corrected chi connectivity index (χ0v) is 13.0. The number of hydrogen-bond acceptors (Lipinski definition) is 4. The summed E-state index contributed by atoms with van der Waals surface area (Å²) >= 11 is 0. The fourth-order valence-electron chi connectivity index (χ4n) is 3.57. The summed E-state index contributed by atoms with van der Waals surface area (Å²) in [6, 6.07) is 1.72. The normalized spacial score (nSPS) is 27.9. The van der Waals surface area contributed by atoms with E-state index in [-0.39, 0.29) is 0 Å². The van der Waals surface area contributed by atoms with E-state index in [1.54, 1.807) is 12.3 Å². The average molecular weight is 292 g/mol. The summed E-state index contributed by atoms with van der Waals surface area (Å²) in [7, 11) is 0. The van der Waals surface area contributed by atoms with Crippen LogP contribution in [0.1, 0.15) is 46.5 Å². The standard InChI is InChI=1S/C16H24N2O3/c1-16(2,3)21-15(19)18-7-6-14(17-18)20-10-13-9-11-4-5-12(13)8-11/h6-7,11-13H,4-5,8-10H2,1-3H3. The maximum atomic E-state index is 11.9. The van der Waals surface area contributed by atoms with Crippen LogP contribution in [-0.4, -0.2) is 28.1 Å². The fraction of sp³-hybridized carbons (Fsp3) is 0.750. The van der Waals surface area contributed by atoms with Crippen LogP contribution in [0.15, 0.2) is 12.3 Å². The lowest BCUT2D eigenvalue weighted by Crippen LogP contribution is -2.27. The van der Waals surface area contributed by atoms with E-state index in [0.717, 1.165) is 11.8 Å². The van der Waals surface area contributed by atoms with Gasteiger partial charge in [-0.2, -0.15) is 4.68 Å². The van der Waals surface area contributed by atoms with Gasteiger partial charge in [-0.05, 0) is 57.8 Å². The number of carbonyl (C=O) groups excluding carboxylic acids is 1. The van der Waals surface area contributed by atoms with E-state index < -0.39 is 11.7 Å². The lowest BCUT2D eigenvalue weighted by atomic mass is 9.90. The fourth-order valence-corrected chi connectivity index (χ4v) is 3.57. The molecule has 1 aromatic rings. The van der Waals surface area contributed by atoms with Gasteiger partial charge < -0.3 is 9.47 Å². The second-order valence-corrected chi connectivity index (χ2v) is 7.32. The van der Waals surface area contributed by atoms with Crippen molar-refractivity contribution in [1.29, 1.82) is 0 Å². The molecule has 0 amide bonds. The predicted octanol–water partition coefficient (Wildman–Crippen LogP) is 3.48. The highest BCUT2D eigenvalue weighted by Crippen LogP contribution is 2.48. The van der Waals surface area contributed by atoms with Crippen molar-refractivity contribution in [2.45, 2.75) is 52.1 Å². The first kappa shape index (κ1) is 14.4. The lowest BCUT2D eigenvalue weighted by molar-refractivity contribution is 0.0511. The third kappa shape index (κ3) is 3.39. The van der Waals surface area contributed by atoms with Crippen LogP contribution in [0.3, 0.4) is 0 Å². The van der Waals surface area contributed by atoms with Crippen molar-refractivity contribution >= 4 is 6.09 Å². The minimum atomic E-state index is -0.521. The van der Waals surface area contributed by atoms with Crippen LogP contribution in [-0.2, 0) is 4.74 Å². The zero-order chi connectivity index (χ0) is 15.0. The minimum absolute atomic E-state index is 0.475. The summed E-state index contributed by atoms with van der Waals surface area (Å²) in [6.07, 6.45) is 6.53. The van der Waals surface area contributed by atoms with Crippen molar-refractivity contribution < 1.29 is 14.3 Å². The Kier molecular flexibility index (Phi) is 3.68. The minimum Gasteiger partial charge on any atom is -0.476 e. The van der Waals surface area contributed by atoms with Gasteiger partial charge in [0.05, 0.1) is 6.61 Å². The molecule has 0 saturated heterocycles. The molecular weight excluding hydrogens is 268 g/mol. The van der Waals surface area contributed by atoms with E-state index in [1.807, 2.05) is 20.8 Å². The maximum Gasteiger partial charge on any atom is 0.435 e. The molecule has 1 heterocycles. The number of hydrogen-bond donors (Lipinski definition) is 0. The highest BCUT2D eigenvalue weighted by Gasteiger charge is 2.39. The molecule has 5 nitrogen and oxygen atoms in total. The average Bonchev–Trinajstić information content (AvgIpc) is 3.10. The Morgan fingerprint density at radius 1 is 1.38 bits per heavy atom. The molecule has 1 aromatic heterocycles. The molecule has 2 aliphatic rings. The summed E-state index contributed by atoms with van der Waals surface area (Å²) in [6.45, 7) is 6.22. The number of aromatic nitrogens is 2. The van der Waals surface area contributed by atoms with Gasteiger partial charge in [-0.15, -0.1) is 5.10 Å². The van der Waals surface area contributed by atoms with Crippen molar-refractivity contribution in [3.05, 3.63) is 12.3 Å². The van der Waals surface area contributed by atoms with Crippen LogP contribution in [0, 0.1) is 17.8 Å². The molecule has 3 unspecified atom stereocenters. The summed E-state index contributed by atoms with van der Waals surface area (Å²) in [5.74, 6) is 2.92. The second-order valence-electron chi connectivity index (χ2n) is 7.32. The van der Waals surface area contributed by atoms with Crippen LogP contribution >= 0.6 is 0 Å². The van der Waals surface area contributed by atoms with Gasteiger partial charge in [-0.3, -0.25) is 0 Å². The highest BCUT2D eigenvalue weighted by atomic mass is 16.6. The molecule has 0 N–H and O–H groups in total. The van der Waals surface area contributed by atoms with Gasteiger partial charge in [0.25, 0.3) is 0 Å². The molecule has 2 fully saturated rings.